The molecule has 0 fully saturated rings. The topological polar surface area (TPSA) is 50.4 Å². The third-order valence-corrected chi connectivity index (χ3v) is 2.56. The van der Waals surface area contributed by atoms with Crippen LogP contribution in [0.25, 0.3) is 0 Å². The fourth-order valence-corrected chi connectivity index (χ4v) is 1.64. The van der Waals surface area contributed by atoms with Crippen molar-refractivity contribution in [1.82, 2.24) is 0 Å². The van der Waals surface area contributed by atoms with E-state index in [9.17, 15) is 9.18 Å². The Bertz CT molecular complexity index is 585. The summed E-state index contributed by atoms with van der Waals surface area (Å²) in [6.45, 7) is 2.06. The molecular formula is C15H15FN2O2. The third kappa shape index (κ3) is 3.71. The lowest BCUT2D eigenvalue weighted by Crippen LogP contribution is -2.13. The minimum absolute atomic E-state index is 0.318. The van der Waals surface area contributed by atoms with Crippen molar-refractivity contribution in [2.75, 3.05) is 17.2 Å². The summed E-state index contributed by atoms with van der Waals surface area (Å²) >= 11 is 0. The number of rotatable bonds is 4. The number of halogens is 1. The van der Waals surface area contributed by atoms with Gasteiger partial charge in [0.15, 0.2) is 0 Å². The minimum atomic E-state index is -0.498. The van der Waals surface area contributed by atoms with Crippen LogP contribution >= 0.6 is 0 Å². The van der Waals surface area contributed by atoms with Crippen molar-refractivity contribution in [3.05, 3.63) is 54.3 Å². The van der Waals surface area contributed by atoms with Crippen molar-refractivity contribution in [2.24, 2.45) is 0 Å². The molecule has 0 aliphatic carbocycles. The molecule has 0 saturated heterocycles. The molecule has 20 heavy (non-hydrogen) atoms. The molecule has 2 rings (SSSR count). The predicted molar refractivity (Wildman–Crippen MR) is 76.8 cm³/mol. The maximum atomic E-state index is 13.5. The van der Waals surface area contributed by atoms with Crippen molar-refractivity contribution >= 4 is 23.2 Å². The predicted octanol–water partition coefficient (Wildman–Crippen LogP) is 4.14. The SMILES string of the molecule is CCOC(=O)Nc1ccc(Nc2ccccc2F)cc1. The highest BCUT2D eigenvalue weighted by Crippen LogP contribution is 2.21. The molecule has 0 aliphatic rings. The van der Waals surface area contributed by atoms with Gasteiger partial charge in [-0.2, -0.15) is 0 Å². The molecule has 0 aromatic heterocycles. The number of carbonyl (C=O) groups excluding carboxylic acids is 1. The van der Waals surface area contributed by atoms with Gasteiger partial charge in [0.1, 0.15) is 5.82 Å². The van der Waals surface area contributed by atoms with Gasteiger partial charge in [0, 0.05) is 11.4 Å². The fraction of sp³-hybridized carbons (Fsp3) is 0.133. The zero-order valence-electron chi connectivity index (χ0n) is 11.0. The first-order valence-electron chi connectivity index (χ1n) is 6.24. The fourth-order valence-electron chi connectivity index (χ4n) is 1.64. The molecule has 0 radical (unpaired) electrons. The maximum Gasteiger partial charge on any atom is 0.411 e. The standard InChI is InChI=1S/C15H15FN2O2/c1-2-20-15(19)18-12-9-7-11(8-10-12)17-14-6-4-3-5-13(14)16/h3-10,17H,2H2,1H3,(H,18,19). The first-order chi connectivity index (χ1) is 9.69. The molecule has 2 aromatic carbocycles. The van der Waals surface area contributed by atoms with Crippen LogP contribution in [0.2, 0.25) is 0 Å². The van der Waals surface area contributed by atoms with Crippen LogP contribution in [-0.4, -0.2) is 12.7 Å². The van der Waals surface area contributed by atoms with Crippen LogP contribution in [0.3, 0.4) is 0 Å². The van der Waals surface area contributed by atoms with Crippen LogP contribution in [0.15, 0.2) is 48.5 Å². The number of para-hydroxylation sites is 1. The maximum absolute atomic E-state index is 13.5. The Labute approximate surface area is 116 Å². The van der Waals surface area contributed by atoms with Crippen LogP contribution < -0.4 is 10.6 Å². The highest BCUT2D eigenvalue weighted by atomic mass is 19.1. The van der Waals surface area contributed by atoms with E-state index in [1.807, 2.05) is 0 Å². The average molecular weight is 274 g/mol. The lowest BCUT2D eigenvalue weighted by Gasteiger charge is -2.09. The van der Waals surface area contributed by atoms with Crippen LogP contribution in [0.4, 0.5) is 26.2 Å². The Hall–Kier alpha value is -2.56. The van der Waals surface area contributed by atoms with Gasteiger partial charge in [0.2, 0.25) is 0 Å². The highest BCUT2D eigenvalue weighted by molar-refractivity contribution is 5.84. The second-order valence-corrected chi connectivity index (χ2v) is 4.03. The van der Waals surface area contributed by atoms with Crippen LogP contribution in [0.1, 0.15) is 6.92 Å². The van der Waals surface area contributed by atoms with E-state index in [1.54, 1.807) is 49.4 Å². The summed E-state index contributed by atoms with van der Waals surface area (Å²) in [4.78, 5) is 11.2. The number of carbonyl (C=O) groups is 1. The van der Waals surface area contributed by atoms with E-state index >= 15 is 0 Å². The van der Waals surface area contributed by atoms with Gasteiger partial charge in [-0.05, 0) is 43.3 Å². The Balaban J connectivity index is 2.02. The number of hydrogen-bond donors (Lipinski definition) is 2. The van der Waals surface area contributed by atoms with Crippen molar-refractivity contribution in [3.63, 3.8) is 0 Å². The molecule has 0 unspecified atom stereocenters. The van der Waals surface area contributed by atoms with Crippen LogP contribution in [-0.2, 0) is 4.74 Å². The number of ether oxygens (including phenoxy) is 1. The Kier molecular flexibility index (Phi) is 4.55. The first-order valence-corrected chi connectivity index (χ1v) is 6.24. The number of amides is 1. The van der Waals surface area contributed by atoms with E-state index in [0.29, 0.717) is 18.0 Å². The summed E-state index contributed by atoms with van der Waals surface area (Å²) in [6.07, 6.45) is -0.498. The van der Waals surface area contributed by atoms with E-state index in [-0.39, 0.29) is 5.82 Å². The third-order valence-electron chi connectivity index (χ3n) is 2.56. The molecule has 2 aromatic rings. The number of anilines is 3. The molecule has 0 saturated carbocycles. The Morgan fingerprint density at radius 1 is 1.10 bits per heavy atom. The van der Waals surface area contributed by atoms with Crippen molar-refractivity contribution in [3.8, 4) is 0 Å². The highest BCUT2D eigenvalue weighted by Gasteiger charge is 2.03. The zero-order valence-corrected chi connectivity index (χ0v) is 11.0. The molecule has 0 bridgehead atoms. The van der Waals surface area contributed by atoms with Gasteiger partial charge in [0.25, 0.3) is 0 Å². The van der Waals surface area contributed by atoms with Gasteiger partial charge in [-0.15, -0.1) is 0 Å². The van der Waals surface area contributed by atoms with Crippen molar-refractivity contribution in [2.45, 2.75) is 6.92 Å². The molecule has 0 atom stereocenters. The van der Waals surface area contributed by atoms with Gasteiger partial charge in [-0.25, -0.2) is 9.18 Å². The van der Waals surface area contributed by atoms with Crippen LogP contribution in [0, 0.1) is 5.82 Å². The largest absolute Gasteiger partial charge is 0.450 e. The van der Waals surface area contributed by atoms with Crippen molar-refractivity contribution in [1.29, 1.82) is 0 Å². The van der Waals surface area contributed by atoms with Gasteiger partial charge < -0.3 is 10.1 Å². The summed E-state index contributed by atoms with van der Waals surface area (Å²) in [5, 5.41) is 5.54. The second kappa shape index (κ2) is 6.56. The molecule has 4 nitrogen and oxygen atoms in total. The number of hydrogen-bond acceptors (Lipinski definition) is 3. The quantitative estimate of drug-likeness (QED) is 0.881. The molecule has 0 spiro atoms. The zero-order chi connectivity index (χ0) is 14.4. The van der Waals surface area contributed by atoms with Gasteiger partial charge in [-0.3, -0.25) is 5.32 Å². The molecule has 2 N–H and O–H groups in total. The lowest BCUT2D eigenvalue weighted by molar-refractivity contribution is 0.168. The number of nitrogens with one attached hydrogen (secondary N) is 2. The molecule has 104 valence electrons. The summed E-state index contributed by atoms with van der Waals surface area (Å²) in [7, 11) is 0. The molecule has 5 heteroatoms. The van der Waals surface area contributed by atoms with Crippen molar-refractivity contribution < 1.29 is 13.9 Å². The number of benzene rings is 2. The Morgan fingerprint density at radius 2 is 1.75 bits per heavy atom. The van der Waals surface area contributed by atoms with E-state index in [0.717, 1.165) is 5.69 Å². The van der Waals surface area contributed by atoms with E-state index < -0.39 is 6.09 Å². The Morgan fingerprint density at radius 3 is 2.40 bits per heavy atom. The monoisotopic (exact) mass is 274 g/mol. The smallest absolute Gasteiger partial charge is 0.411 e. The van der Waals surface area contributed by atoms with Crippen LogP contribution in [0.5, 0.6) is 0 Å². The average Bonchev–Trinajstić information content (AvgIpc) is 2.44. The summed E-state index contributed by atoms with van der Waals surface area (Å²) in [5.74, 6) is -0.318. The van der Waals surface area contributed by atoms with Gasteiger partial charge >= 0.3 is 6.09 Å². The minimum Gasteiger partial charge on any atom is -0.450 e. The second-order valence-electron chi connectivity index (χ2n) is 4.03. The molecular weight excluding hydrogens is 259 g/mol. The molecule has 0 aliphatic heterocycles. The van der Waals surface area contributed by atoms with E-state index in [2.05, 4.69) is 10.6 Å². The molecule has 0 heterocycles. The normalized spacial score (nSPS) is 9.90. The van der Waals surface area contributed by atoms with Gasteiger partial charge in [0.05, 0.1) is 12.3 Å². The first kappa shape index (κ1) is 13.9. The van der Waals surface area contributed by atoms with E-state index in [4.69, 9.17) is 4.74 Å². The van der Waals surface area contributed by atoms with Gasteiger partial charge in [-0.1, -0.05) is 12.1 Å². The van der Waals surface area contributed by atoms with E-state index in [1.165, 1.54) is 6.07 Å². The lowest BCUT2D eigenvalue weighted by atomic mass is 10.2. The summed E-state index contributed by atoms with van der Waals surface area (Å²) < 4.78 is 18.2. The summed E-state index contributed by atoms with van der Waals surface area (Å²) in [5.41, 5.74) is 1.74. The summed E-state index contributed by atoms with van der Waals surface area (Å²) in [6, 6.07) is 13.3. The molecule has 1 amide bonds.